The lowest BCUT2D eigenvalue weighted by molar-refractivity contribution is -0.143. The normalized spacial score (nSPS) is 15.7. The van der Waals surface area contributed by atoms with Crippen molar-refractivity contribution in [2.24, 2.45) is 5.92 Å². The SMILES string of the molecule is Cc1cc(C(=O)CN2CCC(C(=O)O)CC2)c(C)n1CCc1ccc(F)cc1. The molecule has 0 aliphatic carbocycles. The van der Waals surface area contributed by atoms with Crippen LogP contribution >= 0.6 is 0 Å². The standard InChI is InChI=1S/C22H27FN2O3/c1-15-13-20(21(26)14-24-10-8-18(9-11-24)22(27)28)16(2)25(15)12-7-17-3-5-19(23)6-4-17/h3-6,13,18H,7-12,14H2,1-2H3,(H,27,28). The molecule has 5 nitrogen and oxygen atoms in total. The molecule has 1 aliphatic heterocycles. The molecule has 0 radical (unpaired) electrons. The van der Waals surface area contributed by atoms with Gasteiger partial charge in [-0.05, 0) is 70.0 Å². The maximum atomic E-state index is 13.0. The number of carboxylic acids is 1. The highest BCUT2D eigenvalue weighted by atomic mass is 19.1. The fourth-order valence-corrected chi connectivity index (χ4v) is 3.95. The van der Waals surface area contributed by atoms with Crippen molar-refractivity contribution < 1.29 is 19.1 Å². The number of aromatic nitrogens is 1. The minimum Gasteiger partial charge on any atom is -0.481 e. The quantitative estimate of drug-likeness (QED) is 0.740. The van der Waals surface area contributed by atoms with Gasteiger partial charge in [-0.3, -0.25) is 14.5 Å². The molecule has 0 unspecified atom stereocenters. The van der Waals surface area contributed by atoms with Crippen LogP contribution in [0.2, 0.25) is 0 Å². The zero-order valence-corrected chi connectivity index (χ0v) is 16.4. The van der Waals surface area contributed by atoms with E-state index in [-0.39, 0.29) is 17.5 Å². The third-order valence-electron chi connectivity index (χ3n) is 5.72. The largest absolute Gasteiger partial charge is 0.481 e. The number of piperidine rings is 1. The molecule has 0 spiro atoms. The van der Waals surface area contributed by atoms with Crippen LogP contribution in [0, 0.1) is 25.6 Å². The topological polar surface area (TPSA) is 62.5 Å². The molecule has 150 valence electrons. The number of carboxylic acid groups (broad SMARTS) is 1. The predicted octanol–water partition coefficient (Wildman–Crippen LogP) is 3.47. The Morgan fingerprint density at radius 1 is 1.14 bits per heavy atom. The lowest BCUT2D eigenvalue weighted by Gasteiger charge is -2.29. The Kier molecular flexibility index (Phi) is 6.29. The van der Waals surface area contributed by atoms with E-state index in [1.165, 1.54) is 12.1 Å². The third kappa shape index (κ3) is 4.68. The molecule has 3 rings (SSSR count). The van der Waals surface area contributed by atoms with Crippen LogP contribution in [-0.2, 0) is 17.8 Å². The molecule has 28 heavy (non-hydrogen) atoms. The lowest BCUT2D eigenvalue weighted by atomic mass is 9.97. The van der Waals surface area contributed by atoms with Crippen LogP contribution in [0.5, 0.6) is 0 Å². The fourth-order valence-electron chi connectivity index (χ4n) is 3.95. The van der Waals surface area contributed by atoms with Gasteiger partial charge in [0.15, 0.2) is 5.78 Å². The monoisotopic (exact) mass is 386 g/mol. The molecule has 2 heterocycles. The van der Waals surface area contributed by atoms with Crippen LogP contribution in [0.4, 0.5) is 4.39 Å². The molecule has 1 saturated heterocycles. The van der Waals surface area contributed by atoms with E-state index in [9.17, 15) is 14.0 Å². The van der Waals surface area contributed by atoms with Crippen LogP contribution in [0.15, 0.2) is 30.3 Å². The first-order valence-electron chi connectivity index (χ1n) is 9.74. The second-order valence-electron chi connectivity index (χ2n) is 7.62. The number of benzene rings is 1. The summed E-state index contributed by atoms with van der Waals surface area (Å²) in [6, 6.07) is 8.44. The number of rotatable bonds is 7. The minimum absolute atomic E-state index is 0.0786. The molecule has 0 atom stereocenters. The number of hydrogen-bond donors (Lipinski definition) is 1. The van der Waals surface area contributed by atoms with Gasteiger partial charge in [-0.25, -0.2) is 4.39 Å². The molecular formula is C22H27FN2O3. The molecule has 0 amide bonds. The van der Waals surface area contributed by atoms with Crippen LogP contribution < -0.4 is 0 Å². The van der Waals surface area contributed by atoms with Gasteiger partial charge in [-0.2, -0.15) is 0 Å². The number of Topliss-reactive ketones (excluding diaryl/α,β-unsaturated/α-hetero) is 1. The van der Waals surface area contributed by atoms with E-state index in [1.807, 2.05) is 24.8 Å². The highest BCUT2D eigenvalue weighted by Gasteiger charge is 2.26. The van der Waals surface area contributed by atoms with E-state index in [0.717, 1.165) is 35.5 Å². The van der Waals surface area contributed by atoms with Gasteiger partial charge in [-0.15, -0.1) is 0 Å². The summed E-state index contributed by atoms with van der Waals surface area (Å²) in [7, 11) is 0. The van der Waals surface area contributed by atoms with Crippen molar-refractivity contribution >= 4 is 11.8 Å². The third-order valence-corrected chi connectivity index (χ3v) is 5.72. The molecule has 1 aliphatic rings. The maximum absolute atomic E-state index is 13.0. The molecule has 0 bridgehead atoms. The summed E-state index contributed by atoms with van der Waals surface area (Å²) in [4.78, 5) is 25.9. The number of aryl methyl sites for hydroxylation is 2. The van der Waals surface area contributed by atoms with Gasteiger partial charge in [0.2, 0.25) is 0 Å². The van der Waals surface area contributed by atoms with Crippen LogP contribution in [0.1, 0.15) is 40.2 Å². The zero-order valence-electron chi connectivity index (χ0n) is 16.4. The van der Waals surface area contributed by atoms with Crippen LogP contribution in [0.25, 0.3) is 0 Å². The summed E-state index contributed by atoms with van der Waals surface area (Å²) >= 11 is 0. The predicted molar refractivity (Wildman–Crippen MR) is 105 cm³/mol. The number of carbonyl (C=O) groups excluding carboxylic acids is 1. The van der Waals surface area contributed by atoms with Crippen molar-refractivity contribution in [3.8, 4) is 0 Å². The van der Waals surface area contributed by atoms with Gasteiger partial charge in [0, 0.05) is 23.5 Å². The maximum Gasteiger partial charge on any atom is 0.306 e. The molecule has 1 aromatic heterocycles. The van der Waals surface area contributed by atoms with E-state index in [4.69, 9.17) is 5.11 Å². The molecule has 1 N–H and O–H groups in total. The number of hydrogen-bond acceptors (Lipinski definition) is 3. The van der Waals surface area contributed by atoms with Crippen LogP contribution in [0.3, 0.4) is 0 Å². The van der Waals surface area contributed by atoms with Gasteiger partial charge in [-0.1, -0.05) is 12.1 Å². The van der Waals surface area contributed by atoms with Crippen molar-refractivity contribution in [3.05, 3.63) is 58.7 Å². The Bertz CT molecular complexity index is 849. The number of likely N-dealkylation sites (tertiary alicyclic amines) is 1. The van der Waals surface area contributed by atoms with E-state index in [0.29, 0.717) is 32.5 Å². The van der Waals surface area contributed by atoms with Gasteiger partial charge in [0.25, 0.3) is 0 Å². The van der Waals surface area contributed by atoms with Crippen molar-refractivity contribution in [1.29, 1.82) is 0 Å². The summed E-state index contributed by atoms with van der Waals surface area (Å²) in [6.07, 6.45) is 1.96. The summed E-state index contributed by atoms with van der Waals surface area (Å²) in [5.41, 5.74) is 3.78. The molecule has 2 aromatic rings. The Morgan fingerprint density at radius 3 is 2.39 bits per heavy atom. The first-order valence-corrected chi connectivity index (χ1v) is 9.74. The molecule has 1 fully saturated rings. The number of halogens is 1. The average Bonchev–Trinajstić information content (AvgIpc) is 2.96. The van der Waals surface area contributed by atoms with E-state index < -0.39 is 5.97 Å². The van der Waals surface area contributed by atoms with E-state index in [2.05, 4.69) is 4.57 Å². The first kappa shape index (κ1) is 20.3. The highest BCUT2D eigenvalue weighted by molar-refractivity contribution is 5.99. The summed E-state index contributed by atoms with van der Waals surface area (Å²) in [5.74, 6) is -1.19. The van der Waals surface area contributed by atoms with Gasteiger partial charge in [0.1, 0.15) is 5.82 Å². The van der Waals surface area contributed by atoms with Crippen molar-refractivity contribution in [2.75, 3.05) is 19.6 Å². The van der Waals surface area contributed by atoms with E-state index >= 15 is 0 Å². The second kappa shape index (κ2) is 8.69. The molecule has 6 heteroatoms. The summed E-state index contributed by atoms with van der Waals surface area (Å²) in [5, 5.41) is 9.09. The van der Waals surface area contributed by atoms with Crippen molar-refractivity contribution in [1.82, 2.24) is 9.47 Å². The van der Waals surface area contributed by atoms with Crippen molar-refractivity contribution in [3.63, 3.8) is 0 Å². The Morgan fingerprint density at radius 2 is 1.79 bits per heavy atom. The minimum atomic E-state index is -0.740. The first-order chi connectivity index (χ1) is 13.3. The van der Waals surface area contributed by atoms with Gasteiger partial charge < -0.3 is 9.67 Å². The fraction of sp³-hybridized carbons (Fsp3) is 0.455. The van der Waals surface area contributed by atoms with Crippen LogP contribution in [-0.4, -0.2) is 46.0 Å². The molecule has 1 aromatic carbocycles. The Labute approximate surface area is 164 Å². The van der Waals surface area contributed by atoms with Gasteiger partial charge in [0.05, 0.1) is 12.5 Å². The Hall–Kier alpha value is -2.47. The number of ketones is 1. The number of nitrogens with zero attached hydrogens (tertiary/aromatic N) is 2. The average molecular weight is 386 g/mol. The smallest absolute Gasteiger partial charge is 0.306 e. The number of aliphatic carboxylic acids is 1. The Balaban J connectivity index is 1.61. The summed E-state index contributed by atoms with van der Waals surface area (Å²) < 4.78 is 15.2. The molecular weight excluding hydrogens is 359 g/mol. The molecule has 0 saturated carbocycles. The second-order valence-corrected chi connectivity index (χ2v) is 7.62. The lowest BCUT2D eigenvalue weighted by Crippen LogP contribution is -2.39. The van der Waals surface area contributed by atoms with Crippen molar-refractivity contribution in [2.45, 2.75) is 39.7 Å². The van der Waals surface area contributed by atoms with E-state index in [1.54, 1.807) is 12.1 Å². The van der Waals surface area contributed by atoms with Gasteiger partial charge >= 0.3 is 5.97 Å². The zero-order chi connectivity index (χ0) is 20.3. The highest BCUT2D eigenvalue weighted by Crippen LogP contribution is 2.20. The number of carbonyl (C=O) groups is 2. The summed E-state index contributed by atoms with van der Waals surface area (Å²) in [6.45, 7) is 6.31.